The van der Waals surface area contributed by atoms with Gasteiger partial charge in [0, 0.05) is 28.6 Å². The third kappa shape index (κ3) is 4.31. The Bertz CT molecular complexity index is 1250. The van der Waals surface area contributed by atoms with E-state index in [1.807, 2.05) is 0 Å². The Morgan fingerprint density at radius 2 is 1.55 bits per heavy atom. The number of nitro benzene ring substituents is 1. The second-order valence-electron chi connectivity index (χ2n) is 6.30. The van der Waals surface area contributed by atoms with Gasteiger partial charge >= 0.3 is 11.9 Å². The average Bonchev–Trinajstić information content (AvgIpc) is 2.80. The predicted octanol–water partition coefficient (Wildman–Crippen LogP) is 3.73. The summed E-state index contributed by atoms with van der Waals surface area (Å²) in [4.78, 5) is 35.2. The maximum absolute atomic E-state index is 12.5. The van der Waals surface area contributed by atoms with Crippen molar-refractivity contribution in [3.05, 3.63) is 80.9 Å². The largest absolute Gasteiger partial charge is 0.497 e. The summed E-state index contributed by atoms with van der Waals surface area (Å²) in [6, 6.07) is 12.3. The summed E-state index contributed by atoms with van der Waals surface area (Å²) in [5.41, 5.74) is 1.01. The molecule has 0 saturated heterocycles. The number of carbonyl (C=O) groups excluding carboxylic acids is 2. The minimum atomic E-state index is -0.719. The van der Waals surface area contributed by atoms with Crippen molar-refractivity contribution in [2.45, 2.75) is 0 Å². The van der Waals surface area contributed by atoms with Crippen LogP contribution in [0.4, 0.5) is 5.69 Å². The molecule has 0 bridgehead atoms. The number of carbonyl (C=O) groups is 2. The summed E-state index contributed by atoms with van der Waals surface area (Å²) >= 11 is 0. The Morgan fingerprint density at radius 3 is 2.13 bits per heavy atom. The lowest BCUT2D eigenvalue weighted by atomic mass is 9.94. The number of non-ortho nitro benzene ring substituents is 1. The maximum Gasteiger partial charge on any atom is 0.339 e. The number of hydrogen-bond acceptors (Lipinski definition) is 7. The summed E-state index contributed by atoms with van der Waals surface area (Å²) in [5.74, 6) is 4.96. The van der Waals surface area contributed by atoms with E-state index in [-0.39, 0.29) is 16.8 Å². The highest BCUT2D eigenvalue weighted by atomic mass is 16.6. The van der Waals surface area contributed by atoms with Gasteiger partial charge in [0.1, 0.15) is 5.75 Å². The molecule has 0 radical (unpaired) electrons. The first kappa shape index (κ1) is 21.3. The number of ether oxygens (including phenoxy) is 3. The number of rotatable bonds is 4. The Balaban J connectivity index is 2.26. The van der Waals surface area contributed by atoms with Crippen LogP contribution in [0.15, 0.2) is 48.5 Å². The molecular weight excluding hydrogens is 402 g/mol. The van der Waals surface area contributed by atoms with Gasteiger partial charge in [-0.15, -0.1) is 0 Å². The van der Waals surface area contributed by atoms with Crippen molar-refractivity contribution in [1.82, 2.24) is 0 Å². The maximum atomic E-state index is 12.5. The highest BCUT2D eigenvalue weighted by Gasteiger charge is 2.24. The molecule has 0 unspecified atom stereocenters. The van der Waals surface area contributed by atoms with E-state index in [2.05, 4.69) is 11.8 Å². The summed E-state index contributed by atoms with van der Waals surface area (Å²) < 4.78 is 15.0. The molecule has 0 aliphatic rings. The molecule has 8 heteroatoms. The molecule has 156 valence electrons. The summed E-state index contributed by atoms with van der Waals surface area (Å²) in [6.45, 7) is 0. The van der Waals surface area contributed by atoms with Gasteiger partial charge in [0.05, 0.1) is 37.4 Å². The molecule has 3 rings (SSSR count). The van der Waals surface area contributed by atoms with Gasteiger partial charge < -0.3 is 14.2 Å². The second kappa shape index (κ2) is 8.97. The lowest BCUT2D eigenvalue weighted by Crippen LogP contribution is -2.13. The van der Waals surface area contributed by atoms with Crippen LogP contribution in [0.1, 0.15) is 31.8 Å². The molecule has 0 N–H and O–H groups in total. The van der Waals surface area contributed by atoms with Crippen LogP contribution in [0, 0.1) is 22.0 Å². The zero-order valence-electron chi connectivity index (χ0n) is 16.9. The topological polar surface area (TPSA) is 105 Å². The van der Waals surface area contributed by atoms with Crippen molar-refractivity contribution in [1.29, 1.82) is 0 Å². The van der Waals surface area contributed by atoms with Gasteiger partial charge in [-0.25, -0.2) is 9.59 Å². The predicted molar refractivity (Wildman–Crippen MR) is 112 cm³/mol. The molecule has 0 amide bonds. The Morgan fingerprint density at radius 1 is 0.871 bits per heavy atom. The SMILES string of the molecule is COC(=O)c1cc(C#Cc2ccc([N+](=O)[O-])cc2)c2ccc(OC)cc2c1C(=O)OC. The first-order valence-corrected chi connectivity index (χ1v) is 8.97. The fraction of sp³-hybridized carbons (Fsp3) is 0.130. The van der Waals surface area contributed by atoms with E-state index in [0.717, 1.165) is 0 Å². The smallest absolute Gasteiger partial charge is 0.339 e. The van der Waals surface area contributed by atoms with Crippen LogP contribution in [0.2, 0.25) is 0 Å². The zero-order valence-corrected chi connectivity index (χ0v) is 16.9. The fourth-order valence-electron chi connectivity index (χ4n) is 3.03. The Labute approximate surface area is 177 Å². The van der Waals surface area contributed by atoms with E-state index >= 15 is 0 Å². The van der Waals surface area contributed by atoms with E-state index in [9.17, 15) is 19.7 Å². The van der Waals surface area contributed by atoms with Crippen LogP contribution in [-0.2, 0) is 9.47 Å². The molecular formula is C23H17NO7. The van der Waals surface area contributed by atoms with Gasteiger partial charge in [-0.05, 0) is 41.8 Å². The van der Waals surface area contributed by atoms with E-state index in [1.54, 1.807) is 18.2 Å². The molecule has 0 heterocycles. The zero-order chi connectivity index (χ0) is 22.5. The first-order chi connectivity index (χ1) is 14.9. The van der Waals surface area contributed by atoms with Gasteiger partial charge in [-0.2, -0.15) is 0 Å². The van der Waals surface area contributed by atoms with Gasteiger partial charge in [-0.1, -0.05) is 11.8 Å². The van der Waals surface area contributed by atoms with Crippen LogP contribution in [-0.4, -0.2) is 38.2 Å². The van der Waals surface area contributed by atoms with Crippen LogP contribution in [0.3, 0.4) is 0 Å². The highest BCUT2D eigenvalue weighted by Crippen LogP contribution is 2.31. The molecule has 8 nitrogen and oxygen atoms in total. The normalized spacial score (nSPS) is 10.0. The molecule has 0 aliphatic carbocycles. The van der Waals surface area contributed by atoms with Gasteiger partial charge in [0.25, 0.3) is 5.69 Å². The Kier molecular flexibility index (Phi) is 6.17. The van der Waals surface area contributed by atoms with E-state index in [0.29, 0.717) is 27.6 Å². The lowest BCUT2D eigenvalue weighted by molar-refractivity contribution is -0.384. The number of hydrogen-bond donors (Lipinski definition) is 0. The molecule has 0 fully saturated rings. The van der Waals surface area contributed by atoms with Crippen molar-refractivity contribution < 1.29 is 28.7 Å². The van der Waals surface area contributed by atoms with Crippen molar-refractivity contribution in [3.8, 4) is 17.6 Å². The van der Waals surface area contributed by atoms with Crippen LogP contribution >= 0.6 is 0 Å². The number of fused-ring (bicyclic) bond motifs is 1. The summed E-state index contributed by atoms with van der Waals surface area (Å²) in [5, 5.41) is 11.8. The van der Waals surface area contributed by atoms with Crippen LogP contribution in [0.5, 0.6) is 5.75 Å². The lowest BCUT2D eigenvalue weighted by Gasteiger charge is -2.13. The third-order valence-corrected chi connectivity index (χ3v) is 4.56. The highest BCUT2D eigenvalue weighted by molar-refractivity contribution is 6.14. The molecule has 0 atom stereocenters. The van der Waals surface area contributed by atoms with Crippen LogP contribution in [0.25, 0.3) is 10.8 Å². The standard InChI is InChI=1S/C23H17NO7/c1-29-17-10-11-18-15(7-4-14-5-8-16(9-6-14)24(27)28)12-20(22(25)30-2)21(19(18)13-17)23(26)31-3/h5-6,8-13H,1-3H3. The quantitative estimate of drug-likeness (QED) is 0.275. The first-order valence-electron chi connectivity index (χ1n) is 8.97. The van der Waals surface area contributed by atoms with Gasteiger partial charge in [0.15, 0.2) is 0 Å². The molecule has 0 saturated carbocycles. The minimum absolute atomic E-state index is 0.00287. The molecule has 0 aromatic heterocycles. The number of benzene rings is 3. The van der Waals surface area contributed by atoms with E-state index in [4.69, 9.17) is 14.2 Å². The minimum Gasteiger partial charge on any atom is -0.497 e. The van der Waals surface area contributed by atoms with Crippen molar-refractivity contribution >= 4 is 28.4 Å². The van der Waals surface area contributed by atoms with Crippen molar-refractivity contribution in [3.63, 3.8) is 0 Å². The van der Waals surface area contributed by atoms with Gasteiger partial charge in [-0.3, -0.25) is 10.1 Å². The second-order valence-corrected chi connectivity index (χ2v) is 6.30. The molecule has 0 aliphatic heterocycles. The summed E-state index contributed by atoms with van der Waals surface area (Å²) in [6.07, 6.45) is 0. The van der Waals surface area contributed by atoms with Gasteiger partial charge in [0.2, 0.25) is 0 Å². The Hall–Kier alpha value is -4.38. The molecule has 3 aromatic rings. The molecule has 0 spiro atoms. The van der Waals surface area contributed by atoms with E-state index < -0.39 is 16.9 Å². The van der Waals surface area contributed by atoms with Crippen molar-refractivity contribution in [2.24, 2.45) is 0 Å². The monoisotopic (exact) mass is 419 g/mol. The van der Waals surface area contributed by atoms with E-state index in [1.165, 1.54) is 51.7 Å². The van der Waals surface area contributed by atoms with Crippen LogP contribution < -0.4 is 4.74 Å². The van der Waals surface area contributed by atoms with Crippen molar-refractivity contribution in [2.75, 3.05) is 21.3 Å². The third-order valence-electron chi connectivity index (χ3n) is 4.56. The molecule has 31 heavy (non-hydrogen) atoms. The number of esters is 2. The fourth-order valence-corrected chi connectivity index (χ4v) is 3.03. The number of methoxy groups -OCH3 is 3. The summed E-state index contributed by atoms with van der Waals surface area (Å²) in [7, 11) is 3.91. The number of nitro groups is 1. The number of nitrogens with zero attached hydrogens (tertiary/aromatic N) is 1. The molecule has 3 aromatic carbocycles. The average molecular weight is 419 g/mol.